The summed E-state index contributed by atoms with van der Waals surface area (Å²) in [6.45, 7) is 11.3. The predicted molar refractivity (Wildman–Crippen MR) is 89.3 cm³/mol. The fraction of sp³-hybridized carbons (Fsp3) is 0.529. The van der Waals surface area contributed by atoms with Crippen molar-refractivity contribution in [1.82, 2.24) is 20.4 Å². The Balaban J connectivity index is 1.76. The van der Waals surface area contributed by atoms with Gasteiger partial charge in [-0.2, -0.15) is 5.10 Å². The molecule has 0 saturated carbocycles. The Morgan fingerprint density at radius 1 is 1.30 bits per heavy atom. The fourth-order valence-corrected chi connectivity index (χ4v) is 2.49. The van der Waals surface area contributed by atoms with Crippen LogP contribution in [-0.4, -0.2) is 22.4 Å². The first-order chi connectivity index (χ1) is 10.8. The van der Waals surface area contributed by atoms with Gasteiger partial charge in [-0.05, 0) is 51.8 Å². The van der Waals surface area contributed by atoms with E-state index in [0.29, 0.717) is 12.5 Å². The van der Waals surface area contributed by atoms with E-state index in [2.05, 4.69) is 28.7 Å². The highest BCUT2D eigenvalue weighted by Crippen LogP contribution is 2.15. The Morgan fingerprint density at radius 3 is 2.61 bits per heavy atom. The zero-order chi connectivity index (χ0) is 17.0. The minimum absolute atomic E-state index is 0.157. The number of hydrogen-bond donors (Lipinski definition) is 2. The van der Waals surface area contributed by atoms with Crippen LogP contribution >= 0.6 is 0 Å². The van der Waals surface area contributed by atoms with Crippen molar-refractivity contribution in [2.24, 2.45) is 5.92 Å². The van der Waals surface area contributed by atoms with Gasteiger partial charge in [0.25, 0.3) is 0 Å². The molecule has 0 spiro atoms. The van der Waals surface area contributed by atoms with Crippen molar-refractivity contribution in [1.29, 1.82) is 0 Å². The number of rotatable bonds is 6. The number of carbonyl (C=O) groups excluding carboxylic acids is 1. The normalized spacial score (nSPS) is 13.6. The molecule has 23 heavy (non-hydrogen) atoms. The van der Waals surface area contributed by atoms with Crippen LogP contribution in [0.2, 0.25) is 0 Å². The van der Waals surface area contributed by atoms with Crippen molar-refractivity contribution in [3.63, 3.8) is 0 Å². The van der Waals surface area contributed by atoms with Crippen LogP contribution in [-0.2, 0) is 6.54 Å². The van der Waals surface area contributed by atoms with Gasteiger partial charge in [0.2, 0.25) is 0 Å². The van der Waals surface area contributed by atoms with E-state index in [-0.39, 0.29) is 12.1 Å². The van der Waals surface area contributed by atoms with Crippen LogP contribution in [0, 0.1) is 26.7 Å². The summed E-state index contributed by atoms with van der Waals surface area (Å²) in [5, 5.41) is 10.2. The van der Waals surface area contributed by atoms with Crippen molar-refractivity contribution in [3.8, 4) is 0 Å². The van der Waals surface area contributed by atoms with Crippen LogP contribution in [0.1, 0.15) is 42.8 Å². The zero-order valence-electron chi connectivity index (χ0n) is 14.5. The van der Waals surface area contributed by atoms with Crippen LogP contribution in [0.4, 0.5) is 4.79 Å². The highest BCUT2D eigenvalue weighted by atomic mass is 16.3. The average Bonchev–Trinajstić information content (AvgIpc) is 3.03. The summed E-state index contributed by atoms with van der Waals surface area (Å²) >= 11 is 0. The largest absolute Gasteiger partial charge is 0.464 e. The zero-order valence-corrected chi connectivity index (χ0v) is 14.5. The van der Waals surface area contributed by atoms with E-state index >= 15 is 0 Å². The lowest BCUT2D eigenvalue weighted by Crippen LogP contribution is -2.39. The molecule has 0 aliphatic heterocycles. The van der Waals surface area contributed by atoms with E-state index in [4.69, 9.17) is 4.42 Å². The molecule has 2 rings (SSSR count). The lowest BCUT2D eigenvalue weighted by Gasteiger charge is -2.16. The summed E-state index contributed by atoms with van der Waals surface area (Å²) in [4.78, 5) is 12.0. The van der Waals surface area contributed by atoms with Gasteiger partial charge in [0.05, 0.1) is 11.7 Å². The maximum Gasteiger partial charge on any atom is 0.315 e. The Labute approximate surface area is 137 Å². The Hall–Kier alpha value is -2.24. The molecule has 0 fully saturated rings. The monoisotopic (exact) mass is 318 g/mol. The van der Waals surface area contributed by atoms with Crippen molar-refractivity contribution < 1.29 is 9.21 Å². The molecule has 2 heterocycles. The topological polar surface area (TPSA) is 72.1 Å². The molecule has 0 bridgehead atoms. The van der Waals surface area contributed by atoms with Gasteiger partial charge in [0.15, 0.2) is 0 Å². The van der Waals surface area contributed by atoms with Crippen LogP contribution < -0.4 is 10.6 Å². The van der Waals surface area contributed by atoms with E-state index in [1.807, 2.05) is 44.5 Å². The molecule has 0 saturated heterocycles. The first kappa shape index (κ1) is 17.1. The number of carbonyl (C=O) groups is 1. The second kappa shape index (κ2) is 7.35. The van der Waals surface area contributed by atoms with E-state index in [0.717, 1.165) is 29.5 Å². The van der Waals surface area contributed by atoms with Crippen LogP contribution in [0.5, 0.6) is 0 Å². The number of nitrogens with zero attached hydrogens (tertiary/aromatic N) is 2. The molecular formula is C17H26N4O2. The molecule has 0 aromatic carbocycles. The number of aryl methyl sites for hydroxylation is 3. The number of aromatic nitrogens is 2. The Kier molecular flexibility index (Phi) is 5.47. The molecule has 2 amide bonds. The predicted octanol–water partition coefficient (Wildman–Crippen LogP) is 3.10. The molecule has 0 radical (unpaired) electrons. The van der Waals surface area contributed by atoms with Crippen LogP contribution in [0.25, 0.3) is 0 Å². The Morgan fingerprint density at radius 2 is 2.04 bits per heavy atom. The van der Waals surface area contributed by atoms with E-state index in [1.165, 1.54) is 0 Å². The number of furan rings is 1. The highest BCUT2D eigenvalue weighted by Gasteiger charge is 2.13. The highest BCUT2D eigenvalue weighted by molar-refractivity contribution is 5.74. The summed E-state index contributed by atoms with van der Waals surface area (Å²) < 4.78 is 7.49. The number of amides is 2. The number of hydrogen-bond acceptors (Lipinski definition) is 3. The van der Waals surface area contributed by atoms with Crippen molar-refractivity contribution in [2.45, 2.75) is 47.2 Å². The fourth-order valence-electron chi connectivity index (χ4n) is 2.49. The van der Waals surface area contributed by atoms with Gasteiger partial charge in [0, 0.05) is 18.8 Å². The van der Waals surface area contributed by atoms with Gasteiger partial charge < -0.3 is 15.1 Å². The SMILES string of the molecule is Cc1cc(C)n(C[C@@H](C)CNC(=O)N[C@H](C)c2ccc(C)o2)n1. The molecule has 6 nitrogen and oxygen atoms in total. The van der Waals surface area contributed by atoms with E-state index in [9.17, 15) is 4.79 Å². The third kappa shape index (κ3) is 4.87. The smallest absolute Gasteiger partial charge is 0.315 e. The number of nitrogens with one attached hydrogen (secondary N) is 2. The van der Waals surface area contributed by atoms with Crippen molar-refractivity contribution in [2.75, 3.05) is 6.54 Å². The van der Waals surface area contributed by atoms with E-state index in [1.54, 1.807) is 0 Å². The Bertz CT molecular complexity index is 659. The molecule has 2 aromatic heterocycles. The van der Waals surface area contributed by atoms with Gasteiger partial charge in [-0.3, -0.25) is 4.68 Å². The molecule has 2 N–H and O–H groups in total. The summed E-state index contributed by atoms with van der Waals surface area (Å²) in [5.74, 6) is 1.89. The van der Waals surface area contributed by atoms with Crippen molar-refractivity contribution in [3.05, 3.63) is 41.1 Å². The number of urea groups is 1. The van der Waals surface area contributed by atoms with Gasteiger partial charge in [-0.25, -0.2) is 4.79 Å². The summed E-state index contributed by atoms with van der Waals surface area (Å²) in [6, 6.07) is 5.48. The first-order valence-corrected chi connectivity index (χ1v) is 7.97. The van der Waals surface area contributed by atoms with Crippen LogP contribution in [0.15, 0.2) is 22.6 Å². The van der Waals surface area contributed by atoms with E-state index < -0.39 is 0 Å². The summed E-state index contributed by atoms with van der Waals surface area (Å²) in [7, 11) is 0. The van der Waals surface area contributed by atoms with Gasteiger partial charge in [-0.15, -0.1) is 0 Å². The summed E-state index contributed by atoms with van der Waals surface area (Å²) in [6.07, 6.45) is 0. The molecule has 0 unspecified atom stereocenters. The second-order valence-electron chi connectivity index (χ2n) is 6.24. The minimum Gasteiger partial charge on any atom is -0.464 e. The quantitative estimate of drug-likeness (QED) is 0.859. The maximum absolute atomic E-state index is 12.0. The molecule has 0 aliphatic rings. The molecule has 126 valence electrons. The van der Waals surface area contributed by atoms with Gasteiger partial charge in [0.1, 0.15) is 11.5 Å². The lowest BCUT2D eigenvalue weighted by atomic mass is 10.2. The molecule has 2 atom stereocenters. The molecular weight excluding hydrogens is 292 g/mol. The molecule has 2 aromatic rings. The third-order valence-electron chi connectivity index (χ3n) is 3.73. The average molecular weight is 318 g/mol. The summed E-state index contributed by atoms with van der Waals surface area (Å²) in [5.41, 5.74) is 2.16. The molecule has 0 aliphatic carbocycles. The molecule has 6 heteroatoms. The first-order valence-electron chi connectivity index (χ1n) is 7.97. The van der Waals surface area contributed by atoms with Crippen molar-refractivity contribution >= 4 is 6.03 Å². The van der Waals surface area contributed by atoms with Gasteiger partial charge in [-0.1, -0.05) is 6.92 Å². The third-order valence-corrected chi connectivity index (χ3v) is 3.73. The standard InChI is InChI=1S/C17H26N4O2/c1-11(10-21-13(3)8-12(2)20-21)9-18-17(22)19-15(5)16-7-6-14(4)23-16/h6-8,11,15H,9-10H2,1-5H3,(H2,18,19,22)/t11-,15+/m0/s1. The lowest BCUT2D eigenvalue weighted by molar-refractivity contribution is 0.233. The maximum atomic E-state index is 12.0. The van der Waals surface area contributed by atoms with Gasteiger partial charge >= 0.3 is 6.03 Å². The van der Waals surface area contributed by atoms with Crippen LogP contribution in [0.3, 0.4) is 0 Å². The minimum atomic E-state index is -0.188. The second-order valence-corrected chi connectivity index (χ2v) is 6.24.